The van der Waals surface area contributed by atoms with Crippen molar-refractivity contribution in [1.29, 1.82) is 0 Å². The van der Waals surface area contributed by atoms with Crippen LogP contribution < -0.4 is 10.1 Å². The summed E-state index contributed by atoms with van der Waals surface area (Å²) < 4.78 is 5.15. The number of ether oxygens (including phenoxy) is 1. The van der Waals surface area contributed by atoms with Crippen molar-refractivity contribution in [2.75, 3.05) is 5.32 Å². The molecule has 0 bridgehead atoms. The molecule has 3 aromatic rings. The summed E-state index contributed by atoms with van der Waals surface area (Å²) in [5, 5.41) is 2.68. The van der Waals surface area contributed by atoms with Crippen molar-refractivity contribution in [3.8, 4) is 17.0 Å². The second-order valence-corrected chi connectivity index (χ2v) is 4.37. The number of imidazole rings is 1. The summed E-state index contributed by atoms with van der Waals surface area (Å²) in [5.74, 6) is 0.504. The van der Waals surface area contributed by atoms with Crippen LogP contribution in [0.1, 0.15) is 0 Å². The first kappa shape index (κ1) is 12.9. The number of hydrogen-bond acceptors (Lipinski definition) is 3. The maximum atomic E-state index is 11.7. The van der Waals surface area contributed by atoms with Gasteiger partial charge in [0.15, 0.2) is 0 Å². The maximum absolute atomic E-state index is 11.7. The number of rotatable bonds is 3. The van der Waals surface area contributed by atoms with Crippen molar-refractivity contribution < 1.29 is 9.53 Å². The molecule has 0 atom stereocenters. The predicted molar refractivity (Wildman–Crippen MR) is 80.1 cm³/mol. The number of benzene rings is 2. The first-order valence-corrected chi connectivity index (χ1v) is 6.44. The average Bonchev–Trinajstić information content (AvgIpc) is 3.03. The van der Waals surface area contributed by atoms with Gasteiger partial charge in [-0.3, -0.25) is 5.32 Å². The molecule has 5 heteroatoms. The SMILES string of the molecule is O=C(Nc1ccc(-c2cnc[nH]2)cc1)Oc1ccccc1. The second-order valence-electron chi connectivity index (χ2n) is 4.37. The molecule has 0 aliphatic rings. The summed E-state index contributed by atoms with van der Waals surface area (Å²) in [6.07, 6.45) is 2.85. The number of aromatic nitrogens is 2. The van der Waals surface area contributed by atoms with Crippen LogP contribution in [0.15, 0.2) is 67.1 Å². The smallest absolute Gasteiger partial charge is 0.410 e. The molecular weight excluding hydrogens is 266 g/mol. The fraction of sp³-hybridized carbons (Fsp3) is 0. The summed E-state index contributed by atoms with van der Waals surface area (Å²) in [6, 6.07) is 16.3. The average molecular weight is 279 g/mol. The molecule has 2 aromatic carbocycles. The molecule has 0 fully saturated rings. The van der Waals surface area contributed by atoms with Gasteiger partial charge in [-0.05, 0) is 29.8 Å². The Bertz CT molecular complexity index is 707. The zero-order valence-corrected chi connectivity index (χ0v) is 11.1. The van der Waals surface area contributed by atoms with Gasteiger partial charge in [0.25, 0.3) is 0 Å². The van der Waals surface area contributed by atoms with E-state index in [-0.39, 0.29) is 0 Å². The van der Waals surface area contributed by atoms with Crippen LogP contribution in [-0.2, 0) is 0 Å². The fourth-order valence-corrected chi connectivity index (χ4v) is 1.89. The van der Waals surface area contributed by atoms with Crippen molar-refractivity contribution in [1.82, 2.24) is 9.97 Å². The fourth-order valence-electron chi connectivity index (χ4n) is 1.89. The molecule has 1 aromatic heterocycles. The third-order valence-electron chi connectivity index (χ3n) is 2.89. The molecule has 0 aliphatic heterocycles. The number of nitrogens with one attached hydrogen (secondary N) is 2. The molecule has 0 unspecified atom stereocenters. The Labute approximate surface area is 121 Å². The van der Waals surface area contributed by atoms with Crippen molar-refractivity contribution in [3.05, 3.63) is 67.1 Å². The number of amides is 1. The molecule has 0 saturated carbocycles. The van der Waals surface area contributed by atoms with E-state index >= 15 is 0 Å². The minimum absolute atomic E-state index is 0.504. The van der Waals surface area contributed by atoms with E-state index in [2.05, 4.69) is 15.3 Å². The Morgan fingerprint density at radius 1 is 1.05 bits per heavy atom. The lowest BCUT2D eigenvalue weighted by molar-refractivity contribution is 0.215. The van der Waals surface area contributed by atoms with Crippen LogP contribution in [-0.4, -0.2) is 16.1 Å². The minimum atomic E-state index is -0.518. The monoisotopic (exact) mass is 279 g/mol. The molecule has 0 spiro atoms. The number of aromatic amines is 1. The highest BCUT2D eigenvalue weighted by atomic mass is 16.6. The molecular formula is C16H13N3O2. The van der Waals surface area contributed by atoms with E-state index in [1.165, 1.54) is 0 Å². The van der Waals surface area contributed by atoms with E-state index in [0.717, 1.165) is 11.3 Å². The summed E-state index contributed by atoms with van der Waals surface area (Å²) >= 11 is 0. The van der Waals surface area contributed by atoms with E-state index in [0.29, 0.717) is 11.4 Å². The van der Waals surface area contributed by atoms with Gasteiger partial charge in [0, 0.05) is 5.69 Å². The molecule has 2 N–H and O–H groups in total. The van der Waals surface area contributed by atoms with Gasteiger partial charge in [0.1, 0.15) is 5.75 Å². The topological polar surface area (TPSA) is 67.0 Å². The van der Waals surface area contributed by atoms with Gasteiger partial charge in [-0.25, -0.2) is 9.78 Å². The lowest BCUT2D eigenvalue weighted by atomic mass is 10.1. The van der Waals surface area contributed by atoms with Crippen LogP contribution >= 0.6 is 0 Å². The standard InChI is InChI=1S/C16H13N3O2/c20-16(21-14-4-2-1-3-5-14)19-13-8-6-12(7-9-13)15-10-17-11-18-15/h1-11H,(H,17,18)(H,19,20). The Morgan fingerprint density at radius 3 is 2.48 bits per heavy atom. The first-order valence-electron chi connectivity index (χ1n) is 6.44. The lowest BCUT2D eigenvalue weighted by Crippen LogP contribution is -2.16. The van der Waals surface area contributed by atoms with E-state index in [9.17, 15) is 4.79 Å². The molecule has 0 saturated heterocycles. The highest BCUT2D eigenvalue weighted by Crippen LogP contribution is 2.19. The number of anilines is 1. The van der Waals surface area contributed by atoms with Crippen molar-refractivity contribution >= 4 is 11.8 Å². The lowest BCUT2D eigenvalue weighted by Gasteiger charge is -2.07. The van der Waals surface area contributed by atoms with Crippen LogP contribution in [0.4, 0.5) is 10.5 Å². The molecule has 1 amide bonds. The largest absolute Gasteiger partial charge is 0.417 e. The summed E-state index contributed by atoms with van der Waals surface area (Å²) in [7, 11) is 0. The third-order valence-corrected chi connectivity index (χ3v) is 2.89. The van der Waals surface area contributed by atoms with Gasteiger partial charge >= 0.3 is 6.09 Å². The van der Waals surface area contributed by atoms with E-state index in [4.69, 9.17) is 4.74 Å². The van der Waals surface area contributed by atoms with Crippen LogP contribution in [0.2, 0.25) is 0 Å². The Hall–Kier alpha value is -3.08. The third kappa shape index (κ3) is 3.27. The highest BCUT2D eigenvalue weighted by Gasteiger charge is 2.05. The van der Waals surface area contributed by atoms with E-state index < -0.39 is 6.09 Å². The molecule has 0 radical (unpaired) electrons. The molecule has 21 heavy (non-hydrogen) atoms. The summed E-state index contributed by atoms with van der Waals surface area (Å²) in [5.41, 5.74) is 2.59. The normalized spacial score (nSPS) is 10.1. The molecule has 104 valence electrons. The van der Waals surface area contributed by atoms with Crippen molar-refractivity contribution in [3.63, 3.8) is 0 Å². The highest BCUT2D eigenvalue weighted by molar-refractivity contribution is 5.86. The van der Waals surface area contributed by atoms with Crippen molar-refractivity contribution in [2.24, 2.45) is 0 Å². The number of carbonyl (C=O) groups is 1. The molecule has 5 nitrogen and oxygen atoms in total. The predicted octanol–water partition coefficient (Wildman–Crippen LogP) is 3.69. The number of para-hydroxylation sites is 1. The number of hydrogen-bond donors (Lipinski definition) is 2. The molecule has 0 aliphatic carbocycles. The van der Waals surface area contributed by atoms with Crippen molar-refractivity contribution in [2.45, 2.75) is 0 Å². The van der Waals surface area contributed by atoms with Gasteiger partial charge < -0.3 is 9.72 Å². The number of carbonyl (C=O) groups excluding carboxylic acids is 1. The Balaban J connectivity index is 1.64. The van der Waals surface area contributed by atoms with E-state index in [1.54, 1.807) is 24.7 Å². The quantitative estimate of drug-likeness (QED) is 0.768. The zero-order chi connectivity index (χ0) is 14.5. The molecule has 3 rings (SSSR count). The number of H-pyrrole nitrogens is 1. The maximum Gasteiger partial charge on any atom is 0.417 e. The zero-order valence-electron chi connectivity index (χ0n) is 11.1. The van der Waals surface area contributed by atoms with E-state index in [1.807, 2.05) is 42.5 Å². The van der Waals surface area contributed by atoms with Crippen LogP contribution in [0.25, 0.3) is 11.3 Å². The van der Waals surface area contributed by atoms with Gasteiger partial charge in [-0.15, -0.1) is 0 Å². The first-order chi connectivity index (χ1) is 10.3. The Morgan fingerprint density at radius 2 is 1.81 bits per heavy atom. The number of nitrogens with zero attached hydrogens (tertiary/aromatic N) is 1. The van der Waals surface area contributed by atoms with Crippen LogP contribution in [0, 0.1) is 0 Å². The Kier molecular flexibility index (Phi) is 3.64. The van der Waals surface area contributed by atoms with Gasteiger partial charge in [-0.1, -0.05) is 30.3 Å². The second kappa shape index (κ2) is 5.92. The molecule has 1 heterocycles. The van der Waals surface area contributed by atoms with Gasteiger partial charge in [-0.2, -0.15) is 0 Å². The van der Waals surface area contributed by atoms with Crippen LogP contribution in [0.3, 0.4) is 0 Å². The van der Waals surface area contributed by atoms with Crippen LogP contribution in [0.5, 0.6) is 5.75 Å². The minimum Gasteiger partial charge on any atom is -0.410 e. The summed E-state index contributed by atoms with van der Waals surface area (Å²) in [6.45, 7) is 0. The van der Waals surface area contributed by atoms with Gasteiger partial charge in [0.05, 0.1) is 18.2 Å². The van der Waals surface area contributed by atoms with Gasteiger partial charge in [0.2, 0.25) is 0 Å². The summed E-state index contributed by atoms with van der Waals surface area (Å²) in [4.78, 5) is 18.7.